The smallest absolute Gasteiger partial charge is 0.243 e. The van der Waals surface area contributed by atoms with E-state index < -0.39 is 0 Å². The Hall–Kier alpha value is -2.63. The van der Waals surface area contributed by atoms with Gasteiger partial charge in [-0.05, 0) is 37.3 Å². The average Bonchev–Trinajstić information content (AvgIpc) is 3.33. The molecular formula is C19H22N4O2. The Morgan fingerprint density at radius 3 is 3.00 bits per heavy atom. The van der Waals surface area contributed by atoms with E-state index in [0.717, 1.165) is 36.0 Å². The zero-order valence-electron chi connectivity index (χ0n) is 14.6. The van der Waals surface area contributed by atoms with E-state index in [1.807, 2.05) is 30.9 Å². The maximum atomic E-state index is 13.0. The van der Waals surface area contributed by atoms with Gasteiger partial charge in [0.2, 0.25) is 11.8 Å². The third-order valence-electron chi connectivity index (χ3n) is 4.97. The minimum atomic E-state index is -0.0707. The summed E-state index contributed by atoms with van der Waals surface area (Å²) in [6.45, 7) is 5.11. The molecule has 0 saturated carbocycles. The Balaban J connectivity index is 1.58. The molecule has 1 saturated heterocycles. The lowest BCUT2D eigenvalue weighted by Crippen LogP contribution is -2.34. The number of benzene rings is 1. The first kappa shape index (κ1) is 15.9. The van der Waals surface area contributed by atoms with Crippen LogP contribution in [-0.2, 0) is 17.8 Å². The quantitative estimate of drug-likeness (QED) is 0.732. The molecule has 3 aromatic rings. The van der Waals surface area contributed by atoms with Crippen molar-refractivity contribution in [3.05, 3.63) is 47.7 Å². The van der Waals surface area contributed by atoms with Crippen molar-refractivity contribution in [3.63, 3.8) is 0 Å². The summed E-state index contributed by atoms with van der Waals surface area (Å²) in [5.41, 5.74) is 2.19. The van der Waals surface area contributed by atoms with E-state index in [9.17, 15) is 4.79 Å². The van der Waals surface area contributed by atoms with E-state index in [4.69, 9.17) is 4.52 Å². The number of likely N-dealkylation sites (tertiary alicyclic amines) is 1. The number of nitrogens with zero attached hydrogens (tertiary/aromatic N) is 4. The number of rotatable bonds is 4. The summed E-state index contributed by atoms with van der Waals surface area (Å²) in [4.78, 5) is 19.3. The van der Waals surface area contributed by atoms with Crippen molar-refractivity contribution in [1.29, 1.82) is 0 Å². The molecule has 0 bridgehead atoms. The highest BCUT2D eigenvalue weighted by molar-refractivity contribution is 5.84. The molecule has 1 atom stereocenters. The van der Waals surface area contributed by atoms with Crippen LogP contribution >= 0.6 is 0 Å². The lowest BCUT2D eigenvalue weighted by Gasteiger charge is -2.23. The molecule has 1 fully saturated rings. The molecule has 0 spiro atoms. The normalized spacial score (nSPS) is 17.5. The Bertz CT molecular complexity index is 911. The van der Waals surface area contributed by atoms with Gasteiger partial charge in [-0.3, -0.25) is 4.79 Å². The van der Waals surface area contributed by atoms with Crippen LogP contribution in [-0.4, -0.2) is 32.1 Å². The zero-order valence-corrected chi connectivity index (χ0v) is 14.6. The zero-order chi connectivity index (χ0) is 17.4. The molecule has 2 aromatic heterocycles. The average molecular weight is 338 g/mol. The van der Waals surface area contributed by atoms with Gasteiger partial charge in [0, 0.05) is 24.2 Å². The van der Waals surface area contributed by atoms with Crippen molar-refractivity contribution in [3.8, 4) is 0 Å². The van der Waals surface area contributed by atoms with Gasteiger partial charge in [-0.15, -0.1) is 0 Å². The van der Waals surface area contributed by atoms with Crippen LogP contribution in [0.15, 0.2) is 34.9 Å². The van der Waals surface area contributed by atoms with Gasteiger partial charge < -0.3 is 14.0 Å². The molecule has 130 valence electrons. The van der Waals surface area contributed by atoms with Crippen LogP contribution in [0.4, 0.5) is 0 Å². The Kier molecular flexibility index (Phi) is 4.03. The first-order valence-electron chi connectivity index (χ1n) is 8.84. The van der Waals surface area contributed by atoms with E-state index in [-0.39, 0.29) is 11.9 Å². The van der Waals surface area contributed by atoms with Crippen LogP contribution in [0.25, 0.3) is 10.9 Å². The molecule has 4 rings (SSSR count). The van der Waals surface area contributed by atoms with Crippen LogP contribution in [0.5, 0.6) is 0 Å². The fourth-order valence-electron chi connectivity index (χ4n) is 3.66. The molecule has 1 aromatic carbocycles. The number of carbonyl (C=O) groups is 1. The second-order valence-corrected chi connectivity index (χ2v) is 6.58. The molecule has 6 heteroatoms. The first-order valence-corrected chi connectivity index (χ1v) is 8.84. The monoisotopic (exact) mass is 338 g/mol. The van der Waals surface area contributed by atoms with Gasteiger partial charge >= 0.3 is 0 Å². The number of amides is 1. The van der Waals surface area contributed by atoms with Crippen molar-refractivity contribution in [2.24, 2.45) is 0 Å². The number of hydrogen-bond donors (Lipinski definition) is 0. The lowest BCUT2D eigenvalue weighted by atomic mass is 10.2. The highest BCUT2D eigenvalue weighted by Gasteiger charge is 2.33. The van der Waals surface area contributed by atoms with Crippen LogP contribution in [0.2, 0.25) is 0 Å². The number of hydrogen-bond acceptors (Lipinski definition) is 4. The van der Waals surface area contributed by atoms with Crippen molar-refractivity contribution in [2.75, 3.05) is 6.54 Å². The summed E-state index contributed by atoms with van der Waals surface area (Å²) in [6, 6.07) is 10.2. The summed E-state index contributed by atoms with van der Waals surface area (Å²) in [6.07, 6.45) is 2.57. The number of fused-ring (bicyclic) bond motifs is 1. The third kappa shape index (κ3) is 2.81. The number of para-hydroxylation sites is 1. The van der Waals surface area contributed by atoms with Gasteiger partial charge in [-0.2, -0.15) is 4.98 Å². The molecule has 0 N–H and O–H groups in total. The predicted molar refractivity (Wildman–Crippen MR) is 94.0 cm³/mol. The number of aryl methyl sites for hydroxylation is 2. The summed E-state index contributed by atoms with van der Waals surface area (Å²) >= 11 is 0. The third-order valence-corrected chi connectivity index (χ3v) is 4.97. The van der Waals surface area contributed by atoms with Crippen LogP contribution in [0.3, 0.4) is 0 Å². The molecule has 1 aliphatic heterocycles. The van der Waals surface area contributed by atoms with Gasteiger partial charge in [-0.25, -0.2) is 0 Å². The first-order chi connectivity index (χ1) is 12.2. The van der Waals surface area contributed by atoms with Gasteiger partial charge in [0.15, 0.2) is 5.82 Å². The molecule has 25 heavy (non-hydrogen) atoms. The van der Waals surface area contributed by atoms with Gasteiger partial charge in [0.05, 0.1) is 6.04 Å². The van der Waals surface area contributed by atoms with Gasteiger partial charge in [-0.1, -0.05) is 30.3 Å². The Labute approximate surface area is 146 Å². The lowest BCUT2D eigenvalue weighted by molar-refractivity contribution is -0.132. The van der Waals surface area contributed by atoms with Gasteiger partial charge in [0.1, 0.15) is 6.54 Å². The minimum Gasteiger partial charge on any atom is -0.339 e. The molecule has 3 heterocycles. The molecule has 0 radical (unpaired) electrons. The second-order valence-electron chi connectivity index (χ2n) is 6.58. The highest BCUT2D eigenvalue weighted by Crippen LogP contribution is 2.31. The Morgan fingerprint density at radius 1 is 1.36 bits per heavy atom. The molecular weight excluding hydrogens is 316 g/mol. The summed E-state index contributed by atoms with van der Waals surface area (Å²) < 4.78 is 7.32. The summed E-state index contributed by atoms with van der Waals surface area (Å²) in [7, 11) is 0. The fourth-order valence-corrected chi connectivity index (χ4v) is 3.66. The van der Waals surface area contributed by atoms with Crippen molar-refractivity contribution in [1.82, 2.24) is 19.6 Å². The molecule has 6 nitrogen and oxygen atoms in total. The fraction of sp³-hybridized carbons (Fsp3) is 0.421. The maximum Gasteiger partial charge on any atom is 0.243 e. The van der Waals surface area contributed by atoms with Crippen LogP contribution in [0.1, 0.15) is 43.2 Å². The van der Waals surface area contributed by atoms with E-state index >= 15 is 0 Å². The van der Waals surface area contributed by atoms with E-state index in [1.54, 1.807) is 0 Å². The van der Waals surface area contributed by atoms with Gasteiger partial charge in [0.25, 0.3) is 0 Å². The van der Waals surface area contributed by atoms with E-state index in [1.165, 1.54) is 0 Å². The standard InChI is InChI=1S/C19H22N4O2/c1-3-17-20-19(21-25-17)16-9-6-10-22(16)18(24)12-23-13(2)11-14-7-4-5-8-15(14)23/h4-5,7-8,11,16H,3,6,9-10,12H2,1-2H3/t16-/m0/s1. The maximum absolute atomic E-state index is 13.0. The van der Waals surface area contributed by atoms with E-state index in [2.05, 4.69) is 32.9 Å². The molecule has 1 amide bonds. The SMILES string of the molecule is CCc1nc([C@@H]2CCCN2C(=O)Cn2c(C)cc3ccccc32)no1. The largest absolute Gasteiger partial charge is 0.339 e. The summed E-state index contributed by atoms with van der Waals surface area (Å²) in [5.74, 6) is 1.37. The van der Waals surface area contributed by atoms with Crippen molar-refractivity contribution >= 4 is 16.8 Å². The van der Waals surface area contributed by atoms with Crippen LogP contribution in [0, 0.1) is 6.92 Å². The number of aromatic nitrogens is 3. The van der Waals surface area contributed by atoms with E-state index in [0.29, 0.717) is 24.7 Å². The molecule has 1 aliphatic rings. The second kappa shape index (κ2) is 6.35. The Morgan fingerprint density at radius 2 is 2.20 bits per heavy atom. The molecule has 0 unspecified atom stereocenters. The molecule has 0 aliphatic carbocycles. The predicted octanol–water partition coefficient (Wildman–Crippen LogP) is 3.26. The van der Waals surface area contributed by atoms with Crippen LogP contribution < -0.4 is 0 Å². The summed E-state index contributed by atoms with van der Waals surface area (Å²) in [5, 5.41) is 5.24. The minimum absolute atomic E-state index is 0.0707. The van der Waals surface area contributed by atoms with Crippen molar-refractivity contribution < 1.29 is 9.32 Å². The highest BCUT2D eigenvalue weighted by atomic mass is 16.5. The van der Waals surface area contributed by atoms with Crippen molar-refractivity contribution in [2.45, 2.75) is 45.7 Å². The number of carbonyl (C=O) groups excluding carboxylic acids is 1. The topological polar surface area (TPSA) is 64.2 Å².